The number of para-hydroxylation sites is 1. The number of anilines is 2. The quantitative estimate of drug-likeness (QED) is 0.492. The minimum Gasteiger partial charge on any atom is -0.497 e. The monoisotopic (exact) mass is 450 g/mol. The van der Waals surface area contributed by atoms with E-state index in [1.165, 1.54) is 16.7 Å². The third-order valence-electron chi connectivity index (χ3n) is 4.81. The molecule has 0 saturated carbocycles. The lowest BCUT2D eigenvalue weighted by Crippen LogP contribution is -2.32. The van der Waals surface area contributed by atoms with Crippen LogP contribution in [0, 0.1) is 6.92 Å². The third-order valence-corrected chi connectivity index (χ3v) is 6.15. The van der Waals surface area contributed by atoms with Crippen LogP contribution >= 0.6 is 23.4 Å². The van der Waals surface area contributed by atoms with Gasteiger partial charge in [0.25, 0.3) is 11.8 Å². The van der Waals surface area contributed by atoms with Crippen molar-refractivity contribution >= 4 is 46.6 Å². The number of nitrogens with one attached hydrogen (secondary N) is 1. The van der Waals surface area contributed by atoms with Crippen LogP contribution in [-0.2, 0) is 9.59 Å². The molecule has 0 radical (unpaired) electrons. The normalized spacial score (nSPS) is 13.7. The number of aryl methyl sites for hydroxylation is 1. The number of methoxy groups -OCH3 is 1. The molecule has 5 nitrogen and oxygen atoms in total. The predicted octanol–water partition coefficient (Wildman–Crippen LogP) is 5.65. The zero-order valence-electron chi connectivity index (χ0n) is 16.9. The van der Waals surface area contributed by atoms with Crippen LogP contribution in [0.2, 0.25) is 5.02 Å². The maximum atomic E-state index is 13.4. The van der Waals surface area contributed by atoms with E-state index in [0.717, 1.165) is 16.1 Å². The summed E-state index contributed by atoms with van der Waals surface area (Å²) in [5.41, 5.74) is 2.46. The molecule has 3 aromatic carbocycles. The van der Waals surface area contributed by atoms with E-state index in [4.69, 9.17) is 16.3 Å². The van der Waals surface area contributed by atoms with Crippen LogP contribution in [0.3, 0.4) is 0 Å². The molecule has 4 rings (SSSR count). The number of carbonyl (C=O) groups excluding carboxylic acids is 2. The molecule has 3 aromatic rings. The Morgan fingerprint density at radius 2 is 1.58 bits per heavy atom. The number of thioether (sulfide) groups is 1. The number of imide groups is 1. The van der Waals surface area contributed by atoms with Crippen molar-refractivity contribution in [2.24, 2.45) is 0 Å². The van der Waals surface area contributed by atoms with Gasteiger partial charge in [0.1, 0.15) is 16.4 Å². The summed E-state index contributed by atoms with van der Waals surface area (Å²) in [5.74, 6) is -0.147. The fraction of sp³-hybridized carbons (Fsp3) is 0.0833. The SMILES string of the molecule is COc1ccc(N2C(=O)C(Nc3ccccc3C)=C(Sc3ccc(Cl)cc3)C2=O)cc1. The summed E-state index contributed by atoms with van der Waals surface area (Å²) in [6, 6.07) is 21.6. The molecule has 156 valence electrons. The number of carbonyl (C=O) groups is 2. The van der Waals surface area contributed by atoms with Crippen molar-refractivity contribution in [3.8, 4) is 5.75 Å². The molecule has 0 spiro atoms. The van der Waals surface area contributed by atoms with Gasteiger partial charge in [-0.1, -0.05) is 41.6 Å². The molecule has 0 atom stereocenters. The molecule has 0 aromatic heterocycles. The Labute approximate surface area is 189 Å². The first-order valence-corrected chi connectivity index (χ1v) is 10.7. The minimum atomic E-state index is -0.408. The van der Waals surface area contributed by atoms with Crippen molar-refractivity contribution < 1.29 is 14.3 Å². The molecular formula is C24H19ClN2O3S. The second-order valence-electron chi connectivity index (χ2n) is 6.84. The Morgan fingerprint density at radius 3 is 2.23 bits per heavy atom. The minimum absolute atomic E-state index is 0.245. The van der Waals surface area contributed by atoms with Gasteiger partial charge >= 0.3 is 0 Å². The molecule has 0 aliphatic carbocycles. The first kappa shape index (κ1) is 21.0. The van der Waals surface area contributed by atoms with Gasteiger partial charge in [-0.25, -0.2) is 4.90 Å². The van der Waals surface area contributed by atoms with Crippen LogP contribution in [0.15, 0.2) is 88.3 Å². The molecule has 7 heteroatoms. The van der Waals surface area contributed by atoms with Crippen LogP contribution in [0.1, 0.15) is 5.56 Å². The Kier molecular flexibility index (Phi) is 6.02. The van der Waals surface area contributed by atoms with E-state index in [1.807, 2.05) is 43.3 Å². The van der Waals surface area contributed by atoms with E-state index in [-0.39, 0.29) is 11.6 Å². The molecule has 1 heterocycles. The van der Waals surface area contributed by atoms with Gasteiger partial charge in [-0.3, -0.25) is 9.59 Å². The second-order valence-corrected chi connectivity index (χ2v) is 8.36. The lowest BCUT2D eigenvalue weighted by atomic mass is 10.2. The van der Waals surface area contributed by atoms with Gasteiger partial charge in [-0.2, -0.15) is 0 Å². The van der Waals surface area contributed by atoms with Gasteiger partial charge in [0.2, 0.25) is 0 Å². The number of benzene rings is 3. The molecule has 2 amide bonds. The molecular weight excluding hydrogens is 432 g/mol. The molecule has 0 unspecified atom stereocenters. The molecule has 0 bridgehead atoms. The number of halogens is 1. The average molecular weight is 451 g/mol. The summed E-state index contributed by atoms with van der Waals surface area (Å²) in [7, 11) is 1.56. The first-order chi connectivity index (χ1) is 15.0. The van der Waals surface area contributed by atoms with Gasteiger partial charge in [-0.05, 0) is 67.1 Å². The molecule has 1 aliphatic rings. The van der Waals surface area contributed by atoms with Crippen molar-refractivity contribution in [1.29, 1.82) is 0 Å². The maximum Gasteiger partial charge on any atom is 0.283 e. The lowest BCUT2D eigenvalue weighted by Gasteiger charge is -2.16. The van der Waals surface area contributed by atoms with Crippen LogP contribution in [-0.4, -0.2) is 18.9 Å². The van der Waals surface area contributed by atoms with Crippen LogP contribution in [0.25, 0.3) is 0 Å². The topological polar surface area (TPSA) is 58.6 Å². The highest BCUT2D eigenvalue weighted by molar-refractivity contribution is 8.04. The van der Waals surface area contributed by atoms with E-state index < -0.39 is 5.91 Å². The van der Waals surface area contributed by atoms with Crippen molar-refractivity contribution in [1.82, 2.24) is 0 Å². The highest BCUT2D eigenvalue weighted by Crippen LogP contribution is 2.38. The summed E-state index contributed by atoms with van der Waals surface area (Å²) in [6.45, 7) is 1.94. The highest BCUT2D eigenvalue weighted by Gasteiger charge is 2.40. The Hall–Kier alpha value is -3.22. The van der Waals surface area contributed by atoms with Crippen LogP contribution in [0.4, 0.5) is 11.4 Å². The highest BCUT2D eigenvalue weighted by atomic mass is 35.5. The summed E-state index contributed by atoms with van der Waals surface area (Å²) in [6.07, 6.45) is 0. The Balaban J connectivity index is 1.74. The van der Waals surface area contributed by atoms with E-state index in [9.17, 15) is 9.59 Å². The summed E-state index contributed by atoms with van der Waals surface area (Å²) in [4.78, 5) is 29.0. The second kappa shape index (κ2) is 8.88. The maximum absolute atomic E-state index is 13.4. The molecule has 31 heavy (non-hydrogen) atoms. The van der Waals surface area contributed by atoms with Crippen LogP contribution in [0.5, 0.6) is 5.75 Å². The number of hydrogen-bond acceptors (Lipinski definition) is 5. The van der Waals surface area contributed by atoms with Gasteiger partial charge in [0, 0.05) is 15.6 Å². The van der Waals surface area contributed by atoms with Gasteiger partial charge in [0.15, 0.2) is 0 Å². The van der Waals surface area contributed by atoms with E-state index in [0.29, 0.717) is 21.4 Å². The average Bonchev–Trinajstić information content (AvgIpc) is 3.01. The number of hydrogen-bond donors (Lipinski definition) is 1. The summed E-state index contributed by atoms with van der Waals surface area (Å²) in [5, 5.41) is 3.79. The number of amides is 2. The zero-order chi connectivity index (χ0) is 22.0. The van der Waals surface area contributed by atoms with Gasteiger partial charge in [0.05, 0.1) is 12.8 Å². The van der Waals surface area contributed by atoms with Crippen molar-refractivity contribution in [2.45, 2.75) is 11.8 Å². The summed E-state index contributed by atoms with van der Waals surface area (Å²) >= 11 is 7.22. The molecule has 0 fully saturated rings. The Morgan fingerprint density at radius 1 is 0.903 bits per heavy atom. The molecule has 0 saturated heterocycles. The molecule has 1 N–H and O–H groups in total. The molecule has 1 aliphatic heterocycles. The standard InChI is InChI=1S/C24H19ClN2O3S/c1-15-5-3-4-6-20(15)26-21-22(31-19-13-7-16(25)8-14-19)24(29)27(23(21)28)17-9-11-18(30-2)12-10-17/h3-14,26H,1-2H3. The predicted molar refractivity (Wildman–Crippen MR) is 125 cm³/mol. The fourth-order valence-corrected chi connectivity index (χ4v) is 4.20. The third kappa shape index (κ3) is 4.31. The smallest absolute Gasteiger partial charge is 0.283 e. The zero-order valence-corrected chi connectivity index (χ0v) is 18.5. The first-order valence-electron chi connectivity index (χ1n) is 9.51. The van der Waals surface area contributed by atoms with Gasteiger partial charge < -0.3 is 10.1 Å². The fourth-order valence-electron chi connectivity index (χ4n) is 3.15. The van der Waals surface area contributed by atoms with E-state index >= 15 is 0 Å². The van der Waals surface area contributed by atoms with Crippen LogP contribution < -0.4 is 15.0 Å². The van der Waals surface area contributed by atoms with E-state index in [2.05, 4.69) is 5.32 Å². The summed E-state index contributed by atoms with van der Waals surface area (Å²) < 4.78 is 5.18. The number of ether oxygens (including phenoxy) is 1. The number of nitrogens with zero attached hydrogens (tertiary/aromatic N) is 1. The van der Waals surface area contributed by atoms with Gasteiger partial charge in [-0.15, -0.1) is 0 Å². The largest absolute Gasteiger partial charge is 0.497 e. The lowest BCUT2D eigenvalue weighted by molar-refractivity contribution is -0.120. The van der Waals surface area contributed by atoms with Crippen molar-refractivity contribution in [2.75, 3.05) is 17.3 Å². The van der Waals surface area contributed by atoms with E-state index in [1.54, 1.807) is 43.5 Å². The number of rotatable bonds is 6. The Bertz CT molecular complexity index is 1170. The van der Waals surface area contributed by atoms with Crippen molar-refractivity contribution in [3.05, 3.63) is 94.0 Å². The van der Waals surface area contributed by atoms with Crippen molar-refractivity contribution in [3.63, 3.8) is 0 Å².